The summed E-state index contributed by atoms with van der Waals surface area (Å²) in [5, 5.41) is 13.9. The minimum absolute atomic E-state index is 0.0386. The number of hydrogen-bond donors (Lipinski definition) is 1. The lowest BCUT2D eigenvalue weighted by molar-refractivity contribution is -0.384. The number of fused-ring (bicyclic) bond motifs is 1. The second kappa shape index (κ2) is 3.81. The summed E-state index contributed by atoms with van der Waals surface area (Å²) < 4.78 is 5.59. The maximum Gasteiger partial charge on any atom is 0.271 e. The fourth-order valence-electron chi connectivity index (χ4n) is 2.09. The van der Waals surface area contributed by atoms with E-state index in [0.29, 0.717) is 17.0 Å². The van der Waals surface area contributed by atoms with E-state index in [9.17, 15) is 10.1 Å². The van der Waals surface area contributed by atoms with Crippen LogP contribution >= 0.6 is 0 Å². The predicted molar refractivity (Wildman–Crippen MR) is 60.6 cm³/mol. The second-order valence-corrected chi connectivity index (χ2v) is 4.11. The van der Waals surface area contributed by atoms with E-state index in [4.69, 9.17) is 4.42 Å². The topological polar surface area (TPSA) is 81.2 Å². The molecule has 0 radical (unpaired) electrons. The van der Waals surface area contributed by atoms with Crippen molar-refractivity contribution >= 4 is 16.8 Å². The molecule has 1 aromatic heterocycles. The van der Waals surface area contributed by atoms with Gasteiger partial charge in [-0.05, 0) is 25.5 Å². The third-order valence-corrected chi connectivity index (χ3v) is 2.96. The van der Waals surface area contributed by atoms with Gasteiger partial charge in [-0.25, -0.2) is 4.98 Å². The van der Waals surface area contributed by atoms with Gasteiger partial charge < -0.3 is 9.73 Å². The summed E-state index contributed by atoms with van der Waals surface area (Å²) in [6, 6.07) is 4.61. The van der Waals surface area contributed by atoms with Gasteiger partial charge in [0.2, 0.25) is 5.89 Å². The van der Waals surface area contributed by atoms with Crippen LogP contribution in [0.25, 0.3) is 11.1 Å². The fourth-order valence-corrected chi connectivity index (χ4v) is 2.09. The third kappa shape index (κ3) is 1.76. The number of benzene rings is 1. The maximum atomic E-state index is 10.6. The lowest BCUT2D eigenvalue weighted by Crippen LogP contribution is -2.12. The minimum Gasteiger partial charge on any atom is -0.439 e. The van der Waals surface area contributed by atoms with Crippen LogP contribution < -0.4 is 5.32 Å². The van der Waals surface area contributed by atoms with Crippen molar-refractivity contribution in [3.63, 3.8) is 0 Å². The standard InChI is InChI=1S/C11H11N3O3/c15-14(16)7-3-4-10-9(6-7)13-11(17-10)8-2-1-5-12-8/h3-4,6,8,12H,1-2,5H2. The zero-order valence-electron chi connectivity index (χ0n) is 9.05. The molecule has 1 aliphatic heterocycles. The molecule has 1 unspecified atom stereocenters. The largest absolute Gasteiger partial charge is 0.439 e. The molecule has 0 bridgehead atoms. The van der Waals surface area contributed by atoms with Crippen molar-refractivity contribution in [2.45, 2.75) is 18.9 Å². The molecule has 17 heavy (non-hydrogen) atoms. The van der Waals surface area contributed by atoms with Crippen molar-refractivity contribution in [1.82, 2.24) is 10.3 Å². The fraction of sp³-hybridized carbons (Fsp3) is 0.364. The highest BCUT2D eigenvalue weighted by Gasteiger charge is 2.22. The van der Waals surface area contributed by atoms with Crippen molar-refractivity contribution in [3.8, 4) is 0 Å². The first-order valence-corrected chi connectivity index (χ1v) is 5.52. The van der Waals surface area contributed by atoms with Crippen molar-refractivity contribution < 1.29 is 9.34 Å². The molecule has 3 rings (SSSR count). The Morgan fingerprint density at radius 2 is 2.41 bits per heavy atom. The molecule has 1 aliphatic rings. The number of aromatic nitrogens is 1. The molecule has 0 amide bonds. The van der Waals surface area contributed by atoms with Crippen molar-refractivity contribution in [2.24, 2.45) is 0 Å². The maximum absolute atomic E-state index is 10.6. The molecule has 2 aromatic rings. The lowest BCUT2D eigenvalue weighted by atomic mass is 10.2. The zero-order chi connectivity index (χ0) is 11.8. The highest BCUT2D eigenvalue weighted by atomic mass is 16.6. The summed E-state index contributed by atoms with van der Waals surface area (Å²) in [4.78, 5) is 14.5. The van der Waals surface area contributed by atoms with Gasteiger partial charge in [-0.1, -0.05) is 0 Å². The number of oxazole rings is 1. The molecular weight excluding hydrogens is 222 g/mol. The van der Waals surface area contributed by atoms with Gasteiger partial charge in [-0.3, -0.25) is 10.1 Å². The van der Waals surface area contributed by atoms with E-state index >= 15 is 0 Å². The highest BCUT2D eigenvalue weighted by Crippen LogP contribution is 2.27. The van der Waals surface area contributed by atoms with E-state index < -0.39 is 4.92 Å². The number of hydrogen-bond acceptors (Lipinski definition) is 5. The quantitative estimate of drug-likeness (QED) is 0.635. The molecule has 88 valence electrons. The number of nitro groups is 1. The molecule has 0 saturated carbocycles. The summed E-state index contributed by atoms with van der Waals surface area (Å²) in [7, 11) is 0. The Labute approximate surface area is 96.8 Å². The van der Waals surface area contributed by atoms with Gasteiger partial charge in [0.15, 0.2) is 5.58 Å². The smallest absolute Gasteiger partial charge is 0.271 e. The molecule has 1 N–H and O–H groups in total. The Morgan fingerprint density at radius 3 is 3.12 bits per heavy atom. The number of nitrogens with one attached hydrogen (secondary N) is 1. The molecule has 1 fully saturated rings. The number of nitro benzene ring substituents is 1. The average molecular weight is 233 g/mol. The summed E-state index contributed by atoms with van der Waals surface area (Å²) in [5.74, 6) is 0.623. The van der Waals surface area contributed by atoms with Gasteiger partial charge in [-0.2, -0.15) is 0 Å². The van der Waals surface area contributed by atoms with Gasteiger partial charge >= 0.3 is 0 Å². The van der Waals surface area contributed by atoms with E-state index in [1.165, 1.54) is 12.1 Å². The zero-order valence-corrected chi connectivity index (χ0v) is 9.05. The highest BCUT2D eigenvalue weighted by molar-refractivity contribution is 5.75. The van der Waals surface area contributed by atoms with Crippen LogP contribution in [0.3, 0.4) is 0 Å². The molecular formula is C11H11N3O3. The van der Waals surface area contributed by atoms with Crippen LogP contribution in [0.15, 0.2) is 22.6 Å². The van der Waals surface area contributed by atoms with Gasteiger partial charge in [0, 0.05) is 12.1 Å². The first kappa shape index (κ1) is 10.2. The van der Waals surface area contributed by atoms with E-state index in [1.54, 1.807) is 6.07 Å². The molecule has 1 atom stereocenters. The number of rotatable bonds is 2. The SMILES string of the molecule is O=[N+]([O-])c1ccc2oc(C3CCCN3)nc2c1. The molecule has 2 heterocycles. The Balaban J connectivity index is 2.03. The minimum atomic E-state index is -0.429. The first-order chi connectivity index (χ1) is 8.24. The van der Waals surface area contributed by atoms with Crippen LogP contribution in [0.2, 0.25) is 0 Å². The Morgan fingerprint density at radius 1 is 1.53 bits per heavy atom. The molecule has 6 heteroatoms. The van der Waals surface area contributed by atoms with Gasteiger partial charge in [-0.15, -0.1) is 0 Å². The Bertz CT molecular complexity index is 572. The summed E-state index contributed by atoms with van der Waals surface area (Å²) >= 11 is 0. The number of nitrogens with zero attached hydrogens (tertiary/aromatic N) is 2. The van der Waals surface area contributed by atoms with Crippen LogP contribution in [-0.2, 0) is 0 Å². The first-order valence-electron chi connectivity index (χ1n) is 5.52. The number of non-ortho nitro benzene ring substituents is 1. The second-order valence-electron chi connectivity index (χ2n) is 4.11. The molecule has 0 spiro atoms. The summed E-state index contributed by atoms with van der Waals surface area (Å²) in [6.45, 7) is 0.962. The van der Waals surface area contributed by atoms with Crippen molar-refractivity contribution in [2.75, 3.05) is 6.54 Å². The normalized spacial score (nSPS) is 19.9. The van der Waals surface area contributed by atoms with Crippen LogP contribution in [0.5, 0.6) is 0 Å². The van der Waals surface area contributed by atoms with Crippen LogP contribution in [-0.4, -0.2) is 16.5 Å². The van der Waals surface area contributed by atoms with Gasteiger partial charge in [0.1, 0.15) is 5.52 Å². The molecule has 1 saturated heterocycles. The lowest BCUT2D eigenvalue weighted by Gasteiger charge is -2.02. The Hall–Kier alpha value is -1.95. The summed E-state index contributed by atoms with van der Waals surface area (Å²) in [5.41, 5.74) is 1.18. The van der Waals surface area contributed by atoms with Crippen LogP contribution in [0, 0.1) is 10.1 Å². The third-order valence-electron chi connectivity index (χ3n) is 2.96. The molecule has 0 aliphatic carbocycles. The van der Waals surface area contributed by atoms with Crippen molar-refractivity contribution in [1.29, 1.82) is 0 Å². The van der Waals surface area contributed by atoms with E-state index in [0.717, 1.165) is 19.4 Å². The van der Waals surface area contributed by atoms with E-state index in [2.05, 4.69) is 10.3 Å². The van der Waals surface area contributed by atoms with Gasteiger partial charge in [0.25, 0.3) is 5.69 Å². The molecule has 1 aromatic carbocycles. The van der Waals surface area contributed by atoms with Crippen molar-refractivity contribution in [3.05, 3.63) is 34.2 Å². The molecule has 6 nitrogen and oxygen atoms in total. The average Bonchev–Trinajstić information content (AvgIpc) is 2.96. The Kier molecular flexibility index (Phi) is 2.29. The monoisotopic (exact) mass is 233 g/mol. The van der Waals surface area contributed by atoms with Crippen LogP contribution in [0.4, 0.5) is 5.69 Å². The summed E-state index contributed by atoms with van der Waals surface area (Å²) in [6.07, 6.45) is 2.10. The van der Waals surface area contributed by atoms with E-state index in [1.807, 2.05) is 0 Å². The van der Waals surface area contributed by atoms with E-state index in [-0.39, 0.29) is 11.7 Å². The van der Waals surface area contributed by atoms with Gasteiger partial charge in [0.05, 0.1) is 11.0 Å². The van der Waals surface area contributed by atoms with Crippen LogP contribution in [0.1, 0.15) is 24.8 Å². The predicted octanol–water partition coefficient (Wildman–Crippen LogP) is 2.16.